The zero-order chi connectivity index (χ0) is 13.3. The fourth-order valence-electron chi connectivity index (χ4n) is 1.58. The van der Waals surface area contributed by atoms with Gasteiger partial charge in [0, 0.05) is 4.47 Å². The first-order valence-corrected chi connectivity index (χ1v) is 5.97. The number of hydrogen-bond donors (Lipinski definition) is 1. The molecule has 2 aromatic rings. The van der Waals surface area contributed by atoms with Gasteiger partial charge in [0.1, 0.15) is 17.1 Å². The molecule has 18 heavy (non-hydrogen) atoms. The minimum atomic E-state index is -0.378. The van der Waals surface area contributed by atoms with Crippen molar-refractivity contribution in [2.24, 2.45) is 0 Å². The Hall–Kier alpha value is -1.69. The first kappa shape index (κ1) is 12.8. The van der Waals surface area contributed by atoms with Gasteiger partial charge in [-0.1, -0.05) is 5.16 Å². The molecule has 0 atom stereocenters. The zero-order valence-corrected chi connectivity index (χ0v) is 11.3. The summed E-state index contributed by atoms with van der Waals surface area (Å²) in [4.78, 5) is 12.0. The van der Waals surface area contributed by atoms with Crippen LogP contribution in [-0.2, 0) is 0 Å². The first-order chi connectivity index (χ1) is 8.49. The molecule has 0 radical (unpaired) electrons. The number of hydrogen-bond acceptors (Lipinski definition) is 3. The fraction of sp³-hybridized carbons (Fsp3) is 0.167. The molecule has 0 aliphatic heterocycles. The second-order valence-corrected chi connectivity index (χ2v) is 4.63. The highest BCUT2D eigenvalue weighted by Crippen LogP contribution is 2.24. The highest BCUT2D eigenvalue weighted by molar-refractivity contribution is 9.10. The summed E-state index contributed by atoms with van der Waals surface area (Å²) in [5, 5.41) is 6.38. The Balaban J connectivity index is 2.27. The number of aromatic nitrogens is 1. The van der Waals surface area contributed by atoms with Gasteiger partial charge in [-0.05, 0) is 48.0 Å². The van der Waals surface area contributed by atoms with Crippen LogP contribution in [0.1, 0.15) is 21.8 Å². The number of amides is 1. The number of halogens is 2. The van der Waals surface area contributed by atoms with Gasteiger partial charge in [0.15, 0.2) is 0 Å². The van der Waals surface area contributed by atoms with Gasteiger partial charge in [-0.2, -0.15) is 0 Å². The maximum atomic E-state index is 12.9. The summed E-state index contributed by atoms with van der Waals surface area (Å²) in [5.74, 6) is -0.265. The van der Waals surface area contributed by atoms with E-state index in [1.54, 1.807) is 13.8 Å². The van der Waals surface area contributed by atoms with Gasteiger partial charge in [-0.15, -0.1) is 0 Å². The average Bonchev–Trinajstić information content (AvgIpc) is 2.62. The summed E-state index contributed by atoms with van der Waals surface area (Å²) >= 11 is 3.18. The minimum Gasteiger partial charge on any atom is -0.361 e. The lowest BCUT2D eigenvalue weighted by Crippen LogP contribution is -2.14. The molecule has 0 aliphatic rings. The first-order valence-electron chi connectivity index (χ1n) is 5.18. The lowest BCUT2D eigenvalue weighted by molar-refractivity contribution is 0.102. The molecule has 2 rings (SSSR count). The zero-order valence-electron chi connectivity index (χ0n) is 9.75. The number of anilines is 1. The SMILES string of the molecule is Cc1noc(C)c1C(=O)Nc1ccc(F)cc1Br. The summed E-state index contributed by atoms with van der Waals surface area (Å²) in [6.45, 7) is 3.35. The molecule has 0 saturated heterocycles. The third kappa shape index (κ3) is 2.43. The van der Waals surface area contributed by atoms with Gasteiger partial charge in [0.05, 0.1) is 11.4 Å². The fourth-order valence-corrected chi connectivity index (χ4v) is 2.03. The molecule has 0 aliphatic carbocycles. The van der Waals surface area contributed by atoms with Crippen molar-refractivity contribution in [1.82, 2.24) is 5.16 Å². The molecular formula is C12H10BrFN2O2. The topological polar surface area (TPSA) is 55.1 Å². The van der Waals surface area contributed by atoms with Crippen LogP contribution in [0.25, 0.3) is 0 Å². The third-order valence-electron chi connectivity index (χ3n) is 2.44. The maximum absolute atomic E-state index is 12.9. The van der Waals surface area contributed by atoms with Crippen LogP contribution < -0.4 is 5.32 Å². The van der Waals surface area contributed by atoms with E-state index in [-0.39, 0.29) is 11.7 Å². The summed E-state index contributed by atoms with van der Waals surface area (Å²) in [6, 6.07) is 4.03. The summed E-state index contributed by atoms with van der Waals surface area (Å²) in [7, 11) is 0. The summed E-state index contributed by atoms with van der Waals surface area (Å²) < 4.78 is 18.3. The van der Waals surface area contributed by atoms with Crippen LogP contribution in [0.4, 0.5) is 10.1 Å². The van der Waals surface area contributed by atoms with E-state index in [0.29, 0.717) is 27.2 Å². The standard InChI is InChI=1S/C12H10BrFN2O2/c1-6-11(7(2)18-16-6)12(17)15-10-4-3-8(14)5-9(10)13/h3-5H,1-2H3,(H,15,17). The number of nitrogens with zero attached hydrogens (tertiary/aromatic N) is 1. The number of carbonyl (C=O) groups is 1. The Kier molecular flexibility index (Phi) is 3.47. The van der Waals surface area contributed by atoms with E-state index < -0.39 is 0 Å². The molecule has 1 N–H and O–H groups in total. The Labute approximate surface area is 111 Å². The van der Waals surface area contributed by atoms with Crippen molar-refractivity contribution < 1.29 is 13.7 Å². The van der Waals surface area contributed by atoms with Crippen molar-refractivity contribution in [2.75, 3.05) is 5.32 Å². The van der Waals surface area contributed by atoms with Crippen molar-refractivity contribution in [1.29, 1.82) is 0 Å². The largest absolute Gasteiger partial charge is 0.361 e. The number of nitrogens with one attached hydrogen (secondary N) is 1. The Morgan fingerprint density at radius 3 is 2.72 bits per heavy atom. The lowest BCUT2D eigenvalue weighted by atomic mass is 10.2. The van der Waals surface area contributed by atoms with Crippen molar-refractivity contribution in [3.05, 3.63) is 45.5 Å². The molecule has 6 heteroatoms. The average molecular weight is 313 g/mol. The predicted octanol–water partition coefficient (Wildman–Crippen LogP) is 3.45. The minimum absolute atomic E-state index is 0.335. The molecule has 0 spiro atoms. The second kappa shape index (κ2) is 4.89. The van der Waals surface area contributed by atoms with Gasteiger partial charge in [0.2, 0.25) is 0 Å². The van der Waals surface area contributed by atoms with Crippen LogP contribution in [0.2, 0.25) is 0 Å². The van der Waals surface area contributed by atoms with Crippen LogP contribution in [0.5, 0.6) is 0 Å². The number of rotatable bonds is 2. The molecule has 1 aromatic heterocycles. The molecule has 1 heterocycles. The van der Waals surface area contributed by atoms with E-state index in [9.17, 15) is 9.18 Å². The molecule has 0 bridgehead atoms. The quantitative estimate of drug-likeness (QED) is 0.924. The molecule has 94 valence electrons. The smallest absolute Gasteiger partial charge is 0.261 e. The normalized spacial score (nSPS) is 10.4. The van der Waals surface area contributed by atoms with Crippen LogP contribution in [0.3, 0.4) is 0 Å². The monoisotopic (exact) mass is 312 g/mol. The van der Waals surface area contributed by atoms with Gasteiger partial charge >= 0.3 is 0 Å². The Bertz CT molecular complexity index is 591. The van der Waals surface area contributed by atoms with E-state index in [0.717, 1.165) is 0 Å². The maximum Gasteiger partial charge on any atom is 0.261 e. The molecule has 4 nitrogen and oxygen atoms in total. The lowest BCUT2D eigenvalue weighted by Gasteiger charge is -2.06. The van der Waals surface area contributed by atoms with E-state index >= 15 is 0 Å². The van der Waals surface area contributed by atoms with Gasteiger partial charge in [-0.25, -0.2) is 4.39 Å². The van der Waals surface area contributed by atoms with Gasteiger partial charge in [-0.3, -0.25) is 4.79 Å². The van der Waals surface area contributed by atoms with Gasteiger partial charge in [0.25, 0.3) is 5.91 Å². The second-order valence-electron chi connectivity index (χ2n) is 3.78. The van der Waals surface area contributed by atoms with Crippen LogP contribution >= 0.6 is 15.9 Å². The highest BCUT2D eigenvalue weighted by Gasteiger charge is 2.18. The Morgan fingerprint density at radius 2 is 2.17 bits per heavy atom. The predicted molar refractivity (Wildman–Crippen MR) is 68.0 cm³/mol. The van der Waals surface area contributed by atoms with E-state index in [1.807, 2.05) is 0 Å². The highest BCUT2D eigenvalue weighted by atomic mass is 79.9. The van der Waals surface area contributed by atoms with Gasteiger partial charge < -0.3 is 9.84 Å². The molecule has 1 amide bonds. The number of aryl methyl sites for hydroxylation is 2. The van der Waals surface area contributed by atoms with E-state index in [1.165, 1.54) is 18.2 Å². The van der Waals surface area contributed by atoms with Crippen molar-refractivity contribution in [2.45, 2.75) is 13.8 Å². The van der Waals surface area contributed by atoms with Crippen molar-refractivity contribution in [3.8, 4) is 0 Å². The molecule has 0 unspecified atom stereocenters. The molecule has 1 aromatic carbocycles. The molecular weight excluding hydrogens is 303 g/mol. The summed E-state index contributed by atoms with van der Waals surface area (Å²) in [6.07, 6.45) is 0. The number of benzene rings is 1. The van der Waals surface area contributed by atoms with E-state index in [2.05, 4.69) is 26.4 Å². The van der Waals surface area contributed by atoms with Crippen molar-refractivity contribution >= 4 is 27.5 Å². The number of carbonyl (C=O) groups excluding carboxylic acids is 1. The van der Waals surface area contributed by atoms with Crippen LogP contribution in [0, 0.1) is 19.7 Å². The third-order valence-corrected chi connectivity index (χ3v) is 3.10. The van der Waals surface area contributed by atoms with E-state index in [4.69, 9.17) is 4.52 Å². The molecule has 0 saturated carbocycles. The van der Waals surface area contributed by atoms with Crippen LogP contribution in [0.15, 0.2) is 27.2 Å². The van der Waals surface area contributed by atoms with Crippen molar-refractivity contribution in [3.63, 3.8) is 0 Å². The summed E-state index contributed by atoms with van der Waals surface area (Å²) in [5.41, 5.74) is 1.40. The molecule has 0 fully saturated rings. The van der Waals surface area contributed by atoms with Crippen LogP contribution in [-0.4, -0.2) is 11.1 Å². The Morgan fingerprint density at radius 1 is 1.44 bits per heavy atom.